The summed E-state index contributed by atoms with van der Waals surface area (Å²) in [5.74, 6) is 0.00547. The van der Waals surface area contributed by atoms with Gasteiger partial charge in [0.05, 0.1) is 12.6 Å². The van der Waals surface area contributed by atoms with Crippen LogP contribution in [0.2, 0.25) is 5.02 Å². The molecule has 1 N–H and O–H groups in total. The third kappa shape index (κ3) is 4.86. The lowest BCUT2D eigenvalue weighted by atomic mass is 10.1. The summed E-state index contributed by atoms with van der Waals surface area (Å²) < 4.78 is 0. The van der Waals surface area contributed by atoms with Gasteiger partial charge in [-0.25, -0.2) is 0 Å². The van der Waals surface area contributed by atoms with Crippen molar-refractivity contribution in [2.75, 3.05) is 13.6 Å². The highest BCUT2D eigenvalue weighted by molar-refractivity contribution is 6.31. The van der Waals surface area contributed by atoms with Gasteiger partial charge in [0.1, 0.15) is 0 Å². The van der Waals surface area contributed by atoms with Gasteiger partial charge in [-0.2, -0.15) is 0 Å². The summed E-state index contributed by atoms with van der Waals surface area (Å²) in [5.41, 5.74) is 2.13. The van der Waals surface area contributed by atoms with Crippen LogP contribution in [0.5, 0.6) is 0 Å². The van der Waals surface area contributed by atoms with E-state index in [-0.39, 0.29) is 11.9 Å². The first-order valence-corrected chi connectivity index (χ1v) is 7.70. The normalized spacial score (nSPS) is 12.2. The number of rotatable bonds is 6. The molecule has 0 bridgehead atoms. The second-order valence-electron chi connectivity index (χ2n) is 5.46. The molecule has 22 heavy (non-hydrogen) atoms. The van der Waals surface area contributed by atoms with Gasteiger partial charge >= 0.3 is 0 Å². The van der Waals surface area contributed by atoms with Crippen LogP contribution < -0.4 is 5.32 Å². The molecule has 0 aliphatic heterocycles. The van der Waals surface area contributed by atoms with Crippen molar-refractivity contribution >= 4 is 17.5 Å². The highest BCUT2D eigenvalue weighted by atomic mass is 35.5. The van der Waals surface area contributed by atoms with Crippen LogP contribution in [0.4, 0.5) is 0 Å². The zero-order chi connectivity index (χ0) is 15.9. The third-order valence-electron chi connectivity index (χ3n) is 3.49. The molecule has 0 heterocycles. The predicted octanol–water partition coefficient (Wildman–Crippen LogP) is 3.65. The fourth-order valence-corrected chi connectivity index (χ4v) is 2.53. The first-order chi connectivity index (χ1) is 10.6. The standard InChI is InChI=1S/C18H21ClN2O/c1-14(15-8-4-3-5-9-15)20-18(22)13-21(2)12-16-10-6-7-11-17(16)19/h3-11,14H,12-13H2,1-2H3,(H,20,22)/t14-/m0/s1. The van der Waals surface area contributed by atoms with E-state index in [2.05, 4.69) is 5.32 Å². The molecule has 1 amide bonds. The van der Waals surface area contributed by atoms with E-state index >= 15 is 0 Å². The van der Waals surface area contributed by atoms with Crippen LogP contribution in [-0.2, 0) is 11.3 Å². The molecule has 0 spiro atoms. The SMILES string of the molecule is C[C@H](NC(=O)CN(C)Cc1ccccc1Cl)c1ccccc1. The number of nitrogens with zero attached hydrogens (tertiary/aromatic N) is 1. The van der Waals surface area contributed by atoms with Crippen LogP contribution in [0.3, 0.4) is 0 Å². The summed E-state index contributed by atoms with van der Waals surface area (Å²) in [6, 6.07) is 17.6. The van der Waals surface area contributed by atoms with E-state index in [1.807, 2.05) is 73.5 Å². The van der Waals surface area contributed by atoms with Crippen LogP contribution in [0.15, 0.2) is 54.6 Å². The molecule has 1 atom stereocenters. The van der Waals surface area contributed by atoms with Crippen molar-refractivity contribution in [1.82, 2.24) is 10.2 Å². The molecule has 0 aromatic heterocycles. The zero-order valence-corrected chi connectivity index (χ0v) is 13.7. The maximum Gasteiger partial charge on any atom is 0.234 e. The minimum atomic E-state index is 0.00223. The number of carbonyl (C=O) groups excluding carboxylic acids is 1. The second kappa shape index (κ2) is 7.97. The van der Waals surface area contributed by atoms with Crippen molar-refractivity contribution in [1.29, 1.82) is 0 Å². The largest absolute Gasteiger partial charge is 0.348 e. The van der Waals surface area contributed by atoms with Crippen molar-refractivity contribution in [3.63, 3.8) is 0 Å². The van der Waals surface area contributed by atoms with E-state index < -0.39 is 0 Å². The van der Waals surface area contributed by atoms with Gasteiger partial charge in [-0.1, -0.05) is 60.1 Å². The fraction of sp³-hybridized carbons (Fsp3) is 0.278. The second-order valence-corrected chi connectivity index (χ2v) is 5.87. The molecule has 116 valence electrons. The van der Waals surface area contributed by atoms with E-state index in [0.717, 1.165) is 16.1 Å². The summed E-state index contributed by atoms with van der Waals surface area (Å²) in [7, 11) is 1.91. The van der Waals surface area contributed by atoms with E-state index in [9.17, 15) is 4.79 Å². The summed E-state index contributed by atoms with van der Waals surface area (Å²) in [6.45, 7) is 2.97. The predicted molar refractivity (Wildman–Crippen MR) is 90.8 cm³/mol. The van der Waals surface area contributed by atoms with Gasteiger partial charge in [0, 0.05) is 11.6 Å². The lowest BCUT2D eigenvalue weighted by molar-refractivity contribution is -0.122. The number of halogens is 1. The number of likely N-dealkylation sites (N-methyl/N-ethyl adjacent to an activating group) is 1. The molecule has 2 rings (SSSR count). The molecule has 0 radical (unpaired) electrons. The number of amides is 1. The zero-order valence-electron chi connectivity index (χ0n) is 12.9. The molecular formula is C18H21ClN2O. The van der Waals surface area contributed by atoms with Crippen molar-refractivity contribution in [3.05, 3.63) is 70.7 Å². The van der Waals surface area contributed by atoms with Gasteiger partial charge in [0.25, 0.3) is 0 Å². The Kier molecular flexibility index (Phi) is 5.99. The van der Waals surface area contributed by atoms with E-state index in [0.29, 0.717) is 13.1 Å². The van der Waals surface area contributed by atoms with Crippen LogP contribution >= 0.6 is 11.6 Å². The van der Waals surface area contributed by atoms with Crippen molar-refractivity contribution in [3.8, 4) is 0 Å². The van der Waals surface area contributed by atoms with Crippen LogP contribution in [0.25, 0.3) is 0 Å². The molecule has 0 aliphatic carbocycles. The molecule has 3 nitrogen and oxygen atoms in total. The quantitative estimate of drug-likeness (QED) is 0.882. The van der Waals surface area contributed by atoms with Gasteiger partial charge < -0.3 is 5.32 Å². The minimum absolute atomic E-state index is 0.00223. The van der Waals surface area contributed by atoms with Gasteiger partial charge in [0.15, 0.2) is 0 Å². The van der Waals surface area contributed by atoms with Crippen LogP contribution in [0, 0.1) is 0 Å². The summed E-state index contributed by atoms with van der Waals surface area (Å²) in [6.07, 6.45) is 0. The molecule has 0 unspecified atom stereocenters. The van der Waals surface area contributed by atoms with Gasteiger partial charge in [-0.15, -0.1) is 0 Å². The van der Waals surface area contributed by atoms with Crippen molar-refractivity contribution in [2.24, 2.45) is 0 Å². The van der Waals surface area contributed by atoms with Gasteiger partial charge in [-0.05, 0) is 31.2 Å². The van der Waals surface area contributed by atoms with E-state index in [4.69, 9.17) is 11.6 Å². The van der Waals surface area contributed by atoms with Crippen molar-refractivity contribution < 1.29 is 4.79 Å². The molecule has 0 saturated carbocycles. The highest BCUT2D eigenvalue weighted by Gasteiger charge is 2.12. The Morgan fingerprint density at radius 1 is 1.14 bits per heavy atom. The van der Waals surface area contributed by atoms with E-state index in [1.54, 1.807) is 0 Å². The Balaban J connectivity index is 1.85. The van der Waals surface area contributed by atoms with Crippen molar-refractivity contribution in [2.45, 2.75) is 19.5 Å². The summed E-state index contributed by atoms with van der Waals surface area (Å²) in [5, 5.41) is 3.74. The Labute approximate surface area is 136 Å². The first kappa shape index (κ1) is 16.5. The van der Waals surface area contributed by atoms with Gasteiger partial charge in [-0.3, -0.25) is 9.69 Å². The first-order valence-electron chi connectivity index (χ1n) is 7.32. The number of benzene rings is 2. The van der Waals surface area contributed by atoms with Crippen LogP contribution in [-0.4, -0.2) is 24.4 Å². The average molecular weight is 317 g/mol. The third-order valence-corrected chi connectivity index (χ3v) is 3.86. The molecule has 0 aliphatic rings. The fourth-order valence-electron chi connectivity index (χ4n) is 2.33. The smallest absolute Gasteiger partial charge is 0.234 e. The molecule has 4 heteroatoms. The minimum Gasteiger partial charge on any atom is -0.348 e. The summed E-state index contributed by atoms with van der Waals surface area (Å²) >= 11 is 6.14. The monoisotopic (exact) mass is 316 g/mol. The molecule has 2 aromatic rings. The Morgan fingerprint density at radius 2 is 1.77 bits per heavy atom. The average Bonchev–Trinajstić information content (AvgIpc) is 2.50. The maximum absolute atomic E-state index is 12.1. The van der Waals surface area contributed by atoms with E-state index in [1.165, 1.54) is 0 Å². The Morgan fingerprint density at radius 3 is 2.45 bits per heavy atom. The topological polar surface area (TPSA) is 32.3 Å². The molecule has 0 saturated heterocycles. The number of carbonyl (C=O) groups is 1. The Hall–Kier alpha value is -1.84. The molecular weight excluding hydrogens is 296 g/mol. The lowest BCUT2D eigenvalue weighted by Gasteiger charge is -2.19. The van der Waals surface area contributed by atoms with Gasteiger partial charge in [0.2, 0.25) is 5.91 Å². The summed E-state index contributed by atoms with van der Waals surface area (Å²) in [4.78, 5) is 14.1. The number of nitrogens with one attached hydrogen (secondary N) is 1. The lowest BCUT2D eigenvalue weighted by Crippen LogP contribution is -2.36. The number of hydrogen-bond donors (Lipinski definition) is 1. The maximum atomic E-state index is 12.1. The molecule has 0 fully saturated rings. The molecule has 2 aromatic carbocycles. The van der Waals surface area contributed by atoms with Crippen LogP contribution in [0.1, 0.15) is 24.1 Å². The highest BCUT2D eigenvalue weighted by Crippen LogP contribution is 2.16. The number of hydrogen-bond acceptors (Lipinski definition) is 2. The Bertz CT molecular complexity index is 615.